The fraction of sp³-hybridized carbons (Fsp3) is 0.818. The van der Waals surface area contributed by atoms with Gasteiger partial charge < -0.3 is 10.5 Å². The first-order chi connectivity index (χ1) is 6.38. The van der Waals surface area contributed by atoms with E-state index in [4.69, 9.17) is 10.5 Å². The van der Waals surface area contributed by atoms with Gasteiger partial charge in [0.2, 0.25) is 0 Å². The molecule has 74 valence electrons. The van der Waals surface area contributed by atoms with Crippen molar-refractivity contribution in [3.63, 3.8) is 0 Å². The Bertz CT molecular complexity index is 194. The monoisotopic (exact) mass is 181 g/mol. The van der Waals surface area contributed by atoms with Crippen LogP contribution in [0.2, 0.25) is 0 Å². The van der Waals surface area contributed by atoms with Crippen molar-refractivity contribution < 1.29 is 4.74 Å². The van der Waals surface area contributed by atoms with E-state index in [9.17, 15) is 0 Å². The third-order valence-corrected chi connectivity index (χ3v) is 3.30. The second kappa shape index (κ2) is 4.14. The Kier molecular flexibility index (Phi) is 2.89. The summed E-state index contributed by atoms with van der Waals surface area (Å²) in [5.41, 5.74) is 7.55. The first-order valence-corrected chi connectivity index (χ1v) is 5.44. The molecule has 1 unspecified atom stereocenters. The SMILES string of the molecule is NC(C1=COCCC1)C1CCCC1. The minimum Gasteiger partial charge on any atom is -0.501 e. The topological polar surface area (TPSA) is 35.2 Å². The van der Waals surface area contributed by atoms with Crippen molar-refractivity contribution in [3.05, 3.63) is 11.8 Å². The van der Waals surface area contributed by atoms with Gasteiger partial charge in [-0.15, -0.1) is 0 Å². The standard InChI is InChI=1S/C11H19NO/c12-11(9-4-1-2-5-9)10-6-3-7-13-8-10/h8-9,11H,1-7,12H2. The Labute approximate surface area is 80.1 Å². The average Bonchev–Trinajstić information content (AvgIpc) is 2.71. The Hall–Kier alpha value is -0.500. The van der Waals surface area contributed by atoms with E-state index >= 15 is 0 Å². The van der Waals surface area contributed by atoms with E-state index in [1.807, 2.05) is 6.26 Å². The lowest BCUT2D eigenvalue weighted by molar-refractivity contribution is 0.217. The van der Waals surface area contributed by atoms with Crippen LogP contribution in [-0.2, 0) is 4.74 Å². The van der Waals surface area contributed by atoms with Gasteiger partial charge in [-0.1, -0.05) is 12.8 Å². The summed E-state index contributed by atoms with van der Waals surface area (Å²) >= 11 is 0. The zero-order valence-corrected chi connectivity index (χ0v) is 8.17. The molecule has 1 aliphatic carbocycles. The predicted molar refractivity (Wildman–Crippen MR) is 53.2 cm³/mol. The number of ether oxygens (including phenoxy) is 1. The van der Waals surface area contributed by atoms with Crippen LogP contribution < -0.4 is 5.73 Å². The van der Waals surface area contributed by atoms with E-state index < -0.39 is 0 Å². The van der Waals surface area contributed by atoms with Gasteiger partial charge in [-0.2, -0.15) is 0 Å². The minimum absolute atomic E-state index is 0.280. The maximum absolute atomic E-state index is 6.21. The normalized spacial score (nSPS) is 26.7. The van der Waals surface area contributed by atoms with E-state index in [0.29, 0.717) is 0 Å². The molecule has 1 aliphatic heterocycles. The zero-order chi connectivity index (χ0) is 9.10. The summed E-state index contributed by atoms with van der Waals surface area (Å²) in [4.78, 5) is 0. The molecule has 0 aromatic heterocycles. The van der Waals surface area contributed by atoms with Gasteiger partial charge in [0, 0.05) is 6.04 Å². The van der Waals surface area contributed by atoms with Crippen LogP contribution >= 0.6 is 0 Å². The van der Waals surface area contributed by atoms with E-state index in [1.165, 1.54) is 31.3 Å². The first kappa shape index (κ1) is 9.07. The number of rotatable bonds is 2. The summed E-state index contributed by atoms with van der Waals surface area (Å²) in [6.45, 7) is 0.876. The van der Waals surface area contributed by atoms with Crippen molar-refractivity contribution in [2.75, 3.05) is 6.61 Å². The summed E-state index contributed by atoms with van der Waals surface area (Å²) in [5.74, 6) is 0.730. The van der Waals surface area contributed by atoms with Crippen molar-refractivity contribution in [3.8, 4) is 0 Å². The molecule has 1 atom stereocenters. The van der Waals surface area contributed by atoms with Crippen molar-refractivity contribution in [2.24, 2.45) is 11.7 Å². The molecular weight excluding hydrogens is 162 g/mol. The molecule has 0 aromatic rings. The molecule has 2 aliphatic rings. The first-order valence-electron chi connectivity index (χ1n) is 5.44. The van der Waals surface area contributed by atoms with Gasteiger partial charge in [-0.3, -0.25) is 0 Å². The smallest absolute Gasteiger partial charge is 0.0876 e. The van der Waals surface area contributed by atoms with E-state index in [0.717, 1.165) is 25.4 Å². The molecule has 2 rings (SSSR count). The molecule has 13 heavy (non-hydrogen) atoms. The largest absolute Gasteiger partial charge is 0.501 e. The van der Waals surface area contributed by atoms with E-state index in [2.05, 4.69) is 0 Å². The third kappa shape index (κ3) is 2.05. The second-order valence-electron chi connectivity index (χ2n) is 4.24. The molecule has 1 saturated carbocycles. The average molecular weight is 181 g/mol. The van der Waals surface area contributed by atoms with Gasteiger partial charge in [-0.05, 0) is 37.2 Å². The van der Waals surface area contributed by atoms with Gasteiger partial charge in [-0.25, -0.2) is 0 Å². The van der Waals surface area contributed by atoms with Gasteiger partial charge >= 0.3 is 0 Å². The molecule has 0 radical (unpaired) electrons. The predicted octanol–water partition coefficient (Wildman–Crippen LogP) is 2.20. The Balaban J connectivity index is 1.94. The summed E-state index contributed by atoms with van der Waals surface area (Å²) in [5, 5.41) is 0. The Morgan fingerprint density at radius 3 is 2.69 bits per heavy atom. The highest BCUT2D eigenvalue weighted by molar-refractivity contribution is 5.11. The van der Waals surface area contributed by atoms with Crippen molar-refractivity contribution in [1.82, 2.24) is 0 Å². The quantitative estimate of drug-likeness (QED) is 0.708. The molecule has 0 saturated heterocycles. The maximum atomic E-state index is 6.21. The molecular formula is C11H19NO. The highest BCUT2D eigenvalue weighted by atomic mass is 16.5. The van der Waals surface area contributed by atoms with Gasteiger partial charge in [0.1, 0.15) is 0 Å². The molecule has 2 heteroatoms. The molecule has 1 heterocycles. The summed E-state index contributed by atoms with van der Waals surface area (Å²) in [6, 6.07) is 0.280. The Morgan fingerprint density at radius 1 is 1.31 bits per heavy atom. The lowest BCUT2D eigenvalue weighted by atomic mass is 9.90. The second-order valence-corrected chi connectivity index (χ2v) is 4.24. The van der Waals surface area contributed by atoms with Crippen LogP contribution in [-0.4, -0.2) is 12.6 Å². The minimum atomic E-state index is 0.280. The lowest BCUT2D eigenvalue weighted by Crippen LogP contribution is -2.31. The molecule has 0 spiro atoms. The van der Waals surface area contributed by atoms with Crippen LogP contribution in [0.3, 0.4) is 0 Å². The number of hydrogen-bond acceptors (Lipinski definition) is 2. The van der Waals surface area contributed by atoms with Gasteiger partial charge in [0.25, 0.3) is 0 Å². The van der Waals surface area contributed by atoms with Crippen molar-refractivity contribution >= 4 is 0 Å². The van der Waals surface area contributed by atoms with Crippen molar-refractivity contribution in [1.29, 1.82) is 0 Å². The van der Waals surface area contributed by atoms with Crippen LogP contribution in [0.1, 0.15) is 38.5 Å². The fourth-order valence-electron chi connectivity index (χ4n) is 2.45. The molecule has 0 amide bonds. The highest BCUT2D eigenvalue weighted by Crippen LogP contribution is 2.31. The molecule has 0 aromatic carbocycles. The van der Waals surface area contributed by atoms with Crippen LogP contribution in [0.25, 0.3) is 0 Å². The van der Waals surface area contributed by atoms with E-state index in [-0.39, 0.29) is 6.04 Å². The number of hydrogen-bond donors (Lipinski definition) is 1. The van der Waals surface area contributed by atoms with E-state index in [1.54, 1.807) is 0 Å². The van der Waals surface area contributed by atoms with Crippen LogP contribution in [0, 0.1) is 5.92 Å². The zero-order valence-electron chi connectivity index (χ0n) is 8.17. The highest BCUT2D eigenvalue weighted by Gasteiger charge is 2.25. The maximum Gasteiger partial charge on any atom is 0.0876 e. The molecule has 0 bridgehead atoms. The van der Waals surface area contributed by atoms with Gasteiger partial charge in [0.15, 0.2) is 0 Å². The summed E-state index contributed by atoms with van der Waals surface area (Å²) in [7, 11) is 0. The van der Waals surface area contributed by atoms with Crippen molar-refractivity contribution in [2.45, 2.75) is 44.6 Å². The molecule has 1 fully saturated rings. The molecule has 2 N–H and O–H groups in total. The van der Waals surface area contributed by atoms with Gasteiger partial charge in [0.05, 0.1) is 12.9 Å². The van der Waals surface area contributed by atoms with Crippen LogP contribution in [0.5, 0.6) is 0 Å². The fourth-order valence-corrected chi connectivity index (χ4v) is 2.45. The molecule has 2 nitrogen and oxygen atoms in total. The van der Waals surface area contributed by atoms with Crippen LogP contribution in [0.4, 0.5) is 0 Å². The Morgan fingerprint density at radius 2 is 2.08 bits per heavy atom. The summed E-state index contributed by atoms with van der Waals surface area (Å²) in [6.07, 6.45) is 9.58. The number of nitrogens with two attached hydrogens (primary N) is 1. The summed E-state index contributed by atoms with van der Waals surface area (Å²) < 4.78 is 5.32. The van der Waals surface area contributed by atoms with Crippen LogP contribution in [0.15, 0.2) is 11.8 Å². The third-order valence-electron chi connectivity index (χ3n) is 3.30. The lowest BCUT2D eigenvalue weighted by Gasteiger charge is -2.24.